The van der Waals surface area contributed by atoms with Gasteiger partial charge in [0.1, 0.15) is 11.9 Å². The highest BCUT2D eigenvalue weighted by molar-refractivity contribution is 6.01. The number of carbonyl (C=O) groups is 3. The highest BCUT2D eigenvalue weighted by Gasteiger charge is 2.41. The molecule has 0 fully saturated rings. The topological polar surface area (TPSA) is 113 Å². The van der Waals surface area contributed by atoms with Crippen molar-refractivity contribution in [1.29, 1.82) is 0 Å². The molecule has 0 spiro atoms. The maximum absolute atomic E-state index is 13.7. The monoisotopic (exact) mass is 467 g/mol. The zero-order valence-electron chi connectivity index (χ0n) is 20.3. The number of benzene rings is 1. The molecular weight excluding hydrogens is 434 g/mol. The molecule has 1 aliphatic rings. The van der Waals surface area contributed by atoms with Gasteiger partial charge < -0.3 is 15.4 Å². The molecule has 1 aromatic heterocycles. The molecule has 0 radical (unpaired) electrons. The fraction of sp³-hybridized carbons (Fsp3) is 0.440. The van der Waals surface area contributed by atoms with Crippen molar-refractivity contribution in [2.75, 3.05) is 17.3 Å². The van der Waals surface area contributed by atoms with E-state index in [0.29, 0.717) is 17.9 Å². The molecule has 0 unspecified atom stereocenters. The molecule has 3 N–H and O–H groups in total. The number of fused-ring (bicyclic) bond motifs is 1. The van der Waals surface area contributed by atoms with Gasteiger partial charge in [0.05, 0.1) is 6.04 Å². The standard InChI is InChI=1S/C25H33N5O4/c1-6-17-10-7-8-12-19(17)28-25(33)34-20-14-18-11-9-13-27-22(18)30(20)24(32)21(15(2)3)29-23(31)16(4)26-5/h7-13,15-16,20-21,26H,6,14H2,1-5H3,(H,28,33)(H,29,31)/t16-,20-,21-/m0/s1. The van der Waals surface area contributed by atoms with Crippen LogP contribution in [0.15, 0.2) is 42.6 Å². The third-order valence-corrected chi connectivity index (χ3v) is 5.95. The zero-order chi connectivity index (χ0) is 24.8. The summed E-state index contributed by atoms with van der Waals surface area (Å²) < 4.78 is 5.72. The van der Waals surface area contributed by atoms with Crippen LogP contribution in [0, 0.1) is 5.92 Å². The number of anilines is 2. The van der Waals surface area contributed by atoms with Gasteiger partial charge in [-0.1, -0.05) is 45.0 Å². The number of likely N-dealkylation sites (N-methyl/N-ethyl adjacent to an activating group) is 1. The average Bonchev–Trinajstić information content (AvgIpc) is 3.18. The third-order valence-electron chi connectivity index (χ3n) is 5.95. The minimum atomic E-state index is -0.883. The quantitative estimate of drug-likeness (QED) is 0.550. The highest BCUT2D eigenvalue weighted by Crippen LogP contribution is 2.32. The van der Waals surface area contributed by atoms with E-state index in [-0.39, 0.29) is 17.7 Å². The second-order valence-corrected chi connectivity index (χ2v) is 8.63. The Morgan fingerprint density at radius 2 is 1.88 bits per heavy atom. The van der Waals surface area contributed by atoms with Crippen LogP contribution in [-0.2, 0) is 27.2 Å². The molecule has 9 heteroatoms. The lowest BCUT2D eigenvalue weighted by Crippen LogP contribution is -2.56. The first kappa shape index (κ1) is 25.2. The fourth-order valence-corrected chi connectivity index (χ4v) is 3.85. The number of nitrogens with zero attached hydrogens (tertiary/aromatic N) is 2. The van der Waals surface area contributed by atoms with Crippen LogP contribution in [0.4, 0.5) is 16.3 Å². The third kappa shape index (κ3) is 5.53. The van der Waals surface area contributed by atoms with Crippen LogP contribution in [0.2, 0.25) is 0 Å². The Kier molecular flexibility index (Phi) is 8.22. The van der Waals surface area contributed by atoms with Crippen LogP contribution >= 0.6 is 0 Å². The molecule has 182 valence electrons. The van der Waals surface area contributed by atoms with Crippen LogP contribution in [0.3, 0.4) is 0 Å². The van der Waals surface area contributed by atoms with E-state index in [0.717, 1.165) is 17.5 Å². The molecule has 9 nitrogen and oxygen atoms in total. The molecule has 3 rings (SSSR count). The first-order valence-corrected chi connectivity index (χ1v) is 11.6. The van der Waals surface area contributed by atoms with Gasteiger partial charge in [0.25, 0.3) is 5.91 Å². The second-order valence-electron chi connectivity index (χ2n) is 8.63. The predicted octanol–water partition coefficient (Wildman–Crippen LogP) is 2.86. The summed E-state index contributed by atoms with van der Waals surface area (Å²) in [5, 5.41) is 8.48. The molecule has 3 atom stereocenters. The summed E-state index contributed by atoms with van der Waals surface area (Å²) in [7, 11) is 1.68. The van der Waals surface area contributed by atoms with Gasteiger partial charge in [0.2, 0.25) is 5.91 Å². The van der Waals surface area contributed by atoms with Gasteiger partial charge in [-0.25, -0.2) is 9.78 Å². The van der Waals surface area contributed by atoms with Crippen LogP contribution in [0.25, 0.3) is 0 Å². The van der Waals surface area contributed by atoms with Gasteiger partial charge in [0, 0.05) is 23.9 Å². The Hall–Kier alpha value is -3.46. The number of hydrogen-bond acceptors (Lipinski definition) is 6. The van der Waals surface area contributed by atoms with Crippen LogP contribution < -0.4 is 20.9 Å². The number of aryl methyl sites for hydroxylation is 1. The Labute approximate surface area is 200 Å². The number of carbonyl (C=O) groups excluding carboxylic acids is 3. The molecule has 3 amide bonds. The van der Waals surface area contributed by atoms with E-state index in [2.05, 4.69) is 20.9 Å². The van der Waals surface area contributed by atoms with E-state index in [1.807, 2.05) is 45.0 Å². The number of amides is 3. The van der Waals surface area contributed by atoms with Crippen molar-refractivity contribution in [3.8, 4) is 0 Å². The van der Waals surface area contributed by atoms with E-state index in [9.17, 15) is 14.4 Å². The summed E-state index contributed by atoms with van der Waals surface area (Å²) in [5.41, 5.74) is 2.43. The first-order valence-electron chi connectivity index (χ1n) is 11.6. The number of hydrogen-bond donors (Lipinski definition) is 3. The van der Waals surface area contributed by atoms with E-state index < -0.39 is 24.4 Å². The number of nitrogens with one attached hydrogen (secondary N) is 3. The summed E-state index contributed by atoms with van der Waals surface area (Å²) in [5.74, 6) is -0.433. The Bertz CT molecular complexity index is 1040. The first-order chi connectivity index (χ1) is 16.3. The average molecular weight is 468 g/mol. The molecule has 1 aliphatic heterocycles. The number of pyridine rings is 1. The van der Waals surface area contributed by atoms with Gasteiger partial charge in [-0.05, 0) is 44.0 Å². The molecule has 0 saturated heterocycles. The lowest BCUT2D eigenvalue weighted by atomic mass is 10.0. The summed E-state index contributed by atoms with van der Waals surface area (Å²) in [6.45, 7) is 7.42. The number of aromatic nitrogens is 1. The molecule has 0 saturated carbocycles. The van der Waals surface area contributed by atoms with Crippen molar-refractivity contribution in [2.24, 2.45) is 5.92 Å². The van der Waals surface area contributed by atoms with Gasteiger partial charge >= 0.3 is 6.09 Å². The SMILES string of the molecule is CCc1ccccc1NC(=O)O[C@H]1Cc2cccnc2N1C(=O)[C@@H](NC(=O)[C@H](C)NC)C(C)C. The second kappa shape index (κ2) is 11.1. The smallest absolute Gasteiger partial charge is 0.413 e. The van der Waals surface area contributed by atoms with E-state index in [1.165, 1.54) is 4.90 Å². The number of rotatable bonds is 8. The lowest BCUT2D eigenvalue weighted by Gasteiger charge is -2.31. The Morgan fingerprint density at radius 1 is 1.15 bits per heavy atom. The maximum Gasteiger partial charge on any atom is 0.413 e. The van der Waals surface area contributed by atoms with Crippen LogP contribution in [0.5, 0.6) is 0 Å². The van der Waals surface area contributed by atoms with Crippen LogP contribution in [-0.4, -0.2) is 48.3 Å². The Balaban J connectivity index is 1.84. The largest absolute Gasteiger partial charge is 0.424 e. The van der Waals surface area contributed by atoms with Crippen molar-refractivity contribution in [3.63, 3.8) is 0 Å². The minimum absolute atomic E-state index is 0.195. The normalized spacial score (nSPS) is 16.5. The molecule has 1 aromatic carbocycles. The van der Waals surface area contributed by atoms with E-state index in [1.54, 1.807) is 32.3 Å². The summed E-state index contributed by atoms with van der Waals surface area (Å²) in [6, 6.07) is 9.83. The minimum Gasteiger partial charge on any atom is -0.424 e. The summed E-state index contributed by atoms with van der Waals surface area (Å²) in [4.78, 5) is 44.8. The molecular formula is C25H33N5O4. The van der Waals surface area contributed by atoms with E-state index in [4.69, 9.17) is 4.74 Å². The van der Waals surface area contributed by atoms with Gasteiger partial charge in [0.15, 0.2) is 6.23 Å². The van der Waals surface area contributed by atoms with Crippen LogP contribution in [0.1, 0.15) is 38.8 Å². The Morgan fingerprint density at radius 3 is 2.56 bits per heavy atom. The van der Waals surface area contributed by atoms with Crippen molar-refractivity contribution in [3.05, 3.63) is 53.7 Å². The summed E-state index contributed by atoms with van der Waals surface area (Å²) >= 11 is 0. The molecule has 34 heavy (non-hydrogen) atoms. The summed E-state index contributed by atoms with van der Waals surface area (Å²) in [6.07, 6.45) is 1.10. The van der Waals surface area contributed by atoms with E-state index >= 15 is 0 Å². The lowest BCUT2D eigenvalue weighted by molar-refractivity contribution is -0.130. The van der Waals surface area contributed by atoms with Gasteiger partial charge in [-0.2, -0.15) is 0 Å². The highest BCUT2D eigenvalue weighted by atomic mass is 16.6. The predicted molar refractivity (Wildman–Crippen MR) is 130 cm³/mol. The van der Waals surface area contributed by atoms with Gasteiger partial charge in [-0.3, -0.25) is 19.8 Å². The van der Waals surface area contributed by atoms with Crippen molar-refractivity contribution < 1.29 is 19.1 Å². The van der Waals surface area contributed by atoms with Crippen molar-refractivity contribution in [1.82, 2.24) is 15.6 Å². The zero-order valence-corrected chi connectivity index (χ0v) is 20.3. The molecule has 0 aliphatic carbocycles. The number of ether oxygens (including phenoxy) is 1. The van der Waals surface area contributed by atoms with Crippen molar-refractivity contribution in [2.45, 2.75) is 58.8 Å². The molecule has 0 bridgehead atoms. The maximum atomic E-state index is 13.7. The molecule has 2 aromatic rings. The fourth-order valence-electron chi connectivity index (χ4n) is 3.85. The molecule has 2 heterocycles. The number of para-hydroxylation sites is 1. The van der Waals surface area contributed by atoms with Gasteiger partial charge in [-0.15, -0.1) is 0 Å². The van der Waals surface area contributed by atoms with Crippen molar-refractivity contribution >= 4 is 29.4 Å².